The molecule has 3 heteroatoms. The average Bonchev–Trinajstić information content (AvgIpc) is 2.29. The normalized spacial score (nSPS) is 10.3. The summed E-state index contributed by atoms with van der Waals surface area (Å²) in [6, 6.07) is 10.2. The number of rotatable bonds is 2. The van der Waals surface area contributed by atoms with Gasteiger partial charge in [-0.05, 0) is 37.3 Å². The summed E-state index contributed by atoms with van der Waals surface area (Å²) in [5, 5.41) is 0. The van der Waals surface area contributed by atoms with Crippen molar-refractivity contribution in [3.8, 4) is 16.9 Å². The van der Waals surface area contributed by atoms with Crippen molar-refractivity contribution >= 4 is 5.69 Å². The lowest BCUT2D eigenvalue weighted by Gasteiger charge is -2.11. The fraction of sp³-hybridized carbons (Fsp3) is 0.143. The summed E-state index contributed by atoms with van der Waals surface area (Å²) in [5.41, 5.74) is 9.01. The first-order valence-corrected chi connectivity index (χ1v) is 5.32. The van der Waals surface area contributed by atoms with Gasteiger partial charge in [0.05, 0.1) is 7.11 Å². The summed E-state index contributed by atoms with van der Waals surface area (Å²) >= 11 is 0. The van der Waals surface area contributed by atoms with Crippen molar-refractivity contribution in [3.63, 3.8) is 0 Å². The maximum Gasteiger partial charge on any atom is 0.126 e. The quantitative estimate of drug-likeness (QED) is 0.804. The molecule has 2 rings (SSSR count). The molecular formula is C14H14FNO. The van der Waals surface area contributed by atoms with Crippen molar-refractivity contribution in [1.82, 2.24) is 0 Å². The van der Waals surface area contributed by atoms with Gasteiger partial charge in [-0.25, -0.2) is 4.39 Å². The highest BCUT2D eigenvalue weighted by Crippen LogP contribution is 2.34. The molecule has 0 aromatic heterocycles. The SMILES string of the molecule is COc1ccc(C)cc1-c1ccc(F)cc1N. The van der Waals surface area contributed by atoms with E-state index in [0.29, 0.717) is 5.69 Å². The molecular weight excluding hydrogens is 217 g/mol. The molecule has 0 amide bonds. The largest absolute Gasteiger partial charge is 0.496 e. The Balaban J connectivity index is 2.62. The van der Waals surface area contributed by atoms with E-state index in [4.69, 9.17) is 10.5 Å². The second-order valence-corrected chi connectivity index (χ2v) is 3.94. The summed E-state index contributed by atoms with van der Waals surface area (Å²) in [4.78, 5) is 0. The molecule has 88 valence electrons. The number of nitrogens with two attached hydrogens (primary N) is 1. The second-order valence-electron chi connectivity index (χ2n) is 3.94. The Labute approximate surface area is 99.8 Å². The Morgan fingerprint density at radius 1 is 1.06 bits per heavy atom. The van der Waals surface area contributed by atoms with Crippen LogP contribution in [-0.4, -0.2) is 7.11 Å². The van der Waals surface area contributed by atoms with Gasteiger partial charge in [-0.3, -0.25) is 0 Å². The average molecular weight is 231 g/mol. The van der Waals surface area contributed by atoms with E-state index in [0.717, 1.165) is 22.4 Å². The van der Waals surface area contributed by atoms with Crippen LogP contribution in [0.25, 0.3) is 11.1 Å². The Bertz CT molecular complexity index is 552. The number of methoxy groups -OCH3 is 1. The van der Waals surface area contributed by atoms with Crippen LogP contribution in [0.2, 0.25) is 0 Å². The molecule has 17 heavy (non-hydrogen) atoms. The topological polar surface area (TPSA) is 35.2 Å². The highest BCUT2D eigenvalue weighted by Gasteiger charge is 2.09. The van der Waals surface area contributed by atoms with Crippen LogP contribution in [0.1, 0.15) is 5.56 Å². The first kappa shape index (κ1) is 11.5. The van der Waals surface area contributed by atoms with Gasteiger partial charge in [-0.15, -0.1) is 0 Å². The minimum Gasteiger partial charge on any atom is -0.496 e. The van der Waals surface area contributed by atoms with Crippen molar-refractivity contribution in [2.24, 2.45) is 0 Å². The zero-order valence-electron chi connectivity index (χ0n) is 9.83. The lowest BCUT2D eigenvalue weighted by atomic mass is 10.0. The number of halogens is 1. The number of aryl methyl sites for hydroxylation is 1. The molecule has 0 aliphatic heterocycles. The number of ether oxygens (including phenoxy) is 1. The van der Waals surface area contributed by atoms with Gasteiger partial charge < -0.3 is 10.5 Å². The highest BCUT2D eigenvalue weighted by atomic mass is 19.1. The predicted octanol–water partition coefficient (Wildman–Crippen LogP) is 3.39. The molecule has 0 spiro atoms. The zero-order chi connectivity index (χ0) is 12.4. The molecule has 0 bridgehead atoms. The minimum atomic E-state index is -0.335. The van der Waals surface area contributed by atoms with Gasteiger partial charge in [0.1, 0.15) is 11.6 Å². The van der Waals surface area contributed by atoms with Crippen molar-refractivity contribution in [1.29, 1.82) is 0 Å². The Hall–Kier alpha value is -2.03. The monoisotopic (exact) mass is 231 g/mol. The van der Waals surface area contributed by atoms with E-state index in [1.807, 2.05) is 25.1 Å². The first-order valence-electron chi connectivity index (χ1n) is 5.32. The van der Waals surface area contributed by atoms with E-state index in [2.05, 4.69) is 0 Å². The number of hydrogen-bond acceptors (Lipinski definition) is 2. The molecule has 0 saturated heterocycles. The summed E-state index contributed by atoms with van der Waals surface area (Å²) in [6.45, 7) is 1.99. The van der Waals surface area contributed by atoms with E-state index in [-0.39, 0.29) is 5.82 Å². The number of anilines is 1. The number of nitrogen functional groups attached to an aromatic ring is 1. The van der Waals surface area contributed by atoms with Crippen LogP contribution < -0.4 is 10.5 Å². The molecule has 0 radical (unpaired) electrons. The third kappa shape index (κ3) is 2.23. The van der Waals surface area contributed by atoms with Gasteiger partial charge in [-0.1, -0.05) is 11.6 Å². The molecule has 2 N–H and O–H groups in total. The summed E-state index contributed by atoms with van der Waals surface area (Å²) < 4.78 is 18.3. The van der Waals surface area contributed by atoms with E-state index in [9.17, 15) is 4.39 Å². The molecule has 2 nitrogen and oxygen atoms in total. The molecule has 2 aromatic carbocycles. The molecule has 0 aliphatic carbocycles. The summed E-state index contributed by atoms with van der Waals surface area (Å²) in [7, 11) is 1.61. The minimum absolute atomic E-state index is 0.335. The molecule has 0 heterocycles. The molecule has 0 atom stereocenters. The lowest BCUT2D eigenvalue weighted by molar-refractivity contribution is 0.416. The summed E-state index contributed by atoms with van der Waals surface area (Å²) in [5.74, 6) is 0.395. The fourth-order valence-corrected chi connectivity index (χ4v) is 1.81. The Morgan fingerprint density at radius 3 is 2.47 bits per heavy atom. The molecule has 0 aliphatic rings. The van der Waals surface area contributed by atoms with Gasteiger partial charge in [0.25, 0.3) is 0 Å². The number of hydrogen-bond donors (Lipinski definition) is 1. The lowest BCUT2D eigenvalue weighted by Crippen LogP contribution is -1.94. The fourth-order valence-electron chi connectivity index (χ4n) is 1.81. The van der Waals surface area contributed by atoms with E-state index in [1.165, 1.54) is 12.1 Å². The van der Waals surface area contributed by atoms with Crippen molar-refractivity contribution in [2.45, 2.75) is 6.92 Å². The molecule has 0 saturated carbocycles. The van der Waals surface area contributed by atoms with Crippen molar-refractivity contribution < 1.29 is 9.13 Å². The molecule has 2 aromatic rings. The van der Waals surface area contributed by atoms with Crippen LogP contribution >= 0.6 is 0 Å². The maximum atomic E-state index is 13.0. The van der Waals surface area contributed by atoms with Crippen LogP contribution in [0.3, 0.4) is 0 Å². The van der Waals surface area contributed by atoms with E-state index < -0.39 is 0 Å². The van der Waals surface area contributed by atoms with Gasteiger partial charge in [0.2, 0.25) is 0 Å². The van der Waals surface area contributed by atoms with Crippen LogP contribution in [0.5, 0.6) is 5.75 Å². The summed E-state index contributed by atoms with van der Waals surface area (Å²) in [6.07, 6.45) is 0. The van der Waals surface area contributed by atoms with Crippen LogP contribution in [0.15, 0.2) is 36.4 Å². The van der Waals surface area contributed by atoms with Gasteiger partial charge in [0, 0.05) is 16.8 Å². The second kappa shape index (κ2) is 4.45. The van der Waals surface area contributed by atoms with Gasteiger partial charge in [-0.2, -0.15) is 0 Å². The Kier molecular flexibility index (Phi) is 3.00. The van der Waals surface area contributed by atoms with Crippen LogP contribution in [0, 0.1) is 12.7 Å². The smallest absolute Gasteiger partial charge is 0.126 e. The highest BCUT2D eigenvalue weighted by molar-refractivity contribution is 5.80. The van der Waals surface area contributed by atoms with E-state index in [1.54, 1.807) is 13.2 Å². The van der Waals surface area contributed by atoms with Gasteiger partial charge >= 0.3 is 0 Å². The Morgan fingerprint density at radius 2 is 1.82 bits per heavy atom. The zero-order valence-corrected chi connectivity index (χ0v) is 9.83. The predicted molar refractivity (Wildman–Crippen MR) is 67.5 cm³/mol. The van der Waals surface area contributed by atoms with Crippen LogP contribution in [0.4, 0.5) is 10.1 Å². The van der Waals surface area contributed by atoms with Gasteiger partial charge in [0.15, 0.2) is 0 Å². The standard InChI is InChI=1S/C14H14FNO/c1-9-3-6-14(17-2)12(7-9)11-5-4-10(15)8-13(11)16/h3-8H,16H2,1-2H3. The number of benzene rings is 2. The van der Waals surface area contributed by atoms with E-state index >= 15 is 0 Å². The first-order chi connectivity index (χ1) is 8.11. The third-order valence-electron chi connectivity index (χ3n) is 2.66. The molecule has 0 fully saturated rings. The van der Waals surface area contributed by atoms with Crippen molar-refractivity contribution in [2.75, 3.05) is 12.8 Å². The van der Waals surface area contributed by atoms with Crippen LogP contribution in [-0.2, 0) is 0 Å². The maximum absolute atomic E-state index is 13.0. The third-order valence-corrected chi connectivity index (χ3v) is 2.66. The molecule has 0 unspecified atom stereocenters. The van der Waals surface area contributed by atoms with Crippen molar-refractivity contribution in [3.05, 3.63) is 47.8 Å².